The first-order chi connectivity index (χ1) is 11.6. The summed E-state index contributed by atoms with van der Waals surface area (Å²) in [5.41, 5.74) is 0.870. The van der Waals surface area contributed by atoms with E-state index in [0.717, 1.165) is 37.2 Å². The Bertz CT molecular complexity index is 689. The second-order valence-electron chi connectivity index (χ2n) is 6.95. The summed E-state index contributed by atoms with van der Waals surface area (Å²) in [7, 11) is 1.47. The first-order valence-corrected chi connectivity index (χ1v) is 8.73. The van der Waals surface area contributed by atoms with Crippen LogP contribution >= 0.6 is 0 Å². The number of nitrogens with zero attached hydrogens (tertiary/aromatic N) is 3. The Kier molecular flexibility index (Phi) is 5.14. The molecule has 2 aromatic rings. The second-order valence-corrected chi connectivity index (χ2v) is 6.95. The maximum atomic E-state index is 11.7. The van der Waals surface area contributed by atoms with Crippen LogP contribution in [0.5, 0.6) is 0 Å². The molecule has 2 aromatic heterocycles. The zero-order valence-corrected chi connectivity index (χ0v) is 14.6. The second kappa shape index (κ2) is 7.30. The summed E-state index contributed by atoms with van der Waals surface area (Å²) in [6, 6.07) is 6.48. The Morgan fingerprint density at radius 3 is 2.67 bits per heavy atom. The number of carbonyl (C=O) groups is 1. The van der Waals surface area contributed by atoms with Crippen LogP contribution in [0, 0.1) is 11.8 Å². The molecule has 0 spiro atoms. The van der Waals surface area contributed by atoms with Crippen molar-refractivity contribution in [3.63, 3.8) is 0 Å². The maximum Gasteiger partial charge on any atom is 0.308 e. The standard InChI is InChI=1S/C18H26N4O2/c1-12(2)16(17-21-20-15-6-4-5-11-22(15)17)19-14-9-7-13(8-10-14)18(23)24-3/h4-6,11-14,16,19H,7-10H2,1-3H3. The van der Waals surface area contributed by atoms with Crippen LogP contribution in [-0.4, -0.2) is 33.7 Å². The number of fused-ring (bicyclic) bond motifs is 1. The van der Waals surface area contributed by atoms with E-state index < -0.39 is 0 Å². The number of methoxy groups -OCH3 is 1. The highest BCUT2D eigenvalue weighted by Gasteiger charge is 2.30. The fraction of sp³-hybridized carbons (Fsp3) is 0.611. The highest BCUT2D eigenvalue weighted by Crippen LogP contribution is 2.29. The van der Waals surface area contributed by atoms with Gasteiger partial charge in [-0.25, -0.2) is 0 Å². The molecule has 0 amide bonds. The molecule has 1 unspecified atom stereocenters. The van der Waals surface area contributed by atoms with Gasteiger partial charge >= 0.3 is 5.97 Å². The van der Waals surface area contributed by atoms with Crippen LogP contribution in [0.1, 0.15) is 51.4 Å². The molecule has 0 aliphatic heterocycles. The van der Waals surface area contributed by atoms with Gasteiger partial charge in [-0.05, 0) is 43.7 Å². The molecule has 1 N–H and O–H groups in total. The molecule has 130 valence electrons. The lowest BCUT2D eigenvalue weighted by Crippen LogP contribution is -2.40. The van der Waals surface area contributed by atoms with E-state index in [4.69, 9.17) is 4.74 Å². The number of aromatic nitrogens is 3. The van der Waals surface area contributed by atoms with Gasteiger partial charge in [0.15, 0.2) is 11.5 Å². The summed E-state index contributed by atoms with van der Waals surface area (Å²) >= 11 is 0. The van der Waals surface area contributed by atoms with Gasteiger partial charge in [-0.15, -0.1) is 10.2 Å². The van der Waals surface area contributed by atoms with E-state index in [1.54, 1.807) is 0 Å². The predicted octanol–water partition coefficient (Wildman–Crippen LogP) is 2.75. The smallest absolute Gasteiger partial charge is 0.308 e. The van der Waals surface area contributed by atoms with Crippen molar-refractivity contribution in [2.45, 2.75) is 51.6 Å². The molecule has 6 heteroatoms. The molecule has 0 aromatic carbocycles. The highest BCUT2D eigenvalue weighted by atomic mass is 16.5. The molecule has 1 saturated carbocycles. The summed E-state index contributed by atoms with van der Waals surface area (Å²) in [6.07, 6.45) is 5.75. The van der Waals surface area contributed by atoms with Gasteiger partial charge in [0.25, 0.3) is 0 Å². The van der Waals surface area contributed by atoms with Gasteiger partial charge in [0, 0.05) is 12.2 Å². The van der Waals surface area contributed by atoms with E-state index in [9.17, 15) is 4.79 Å². The molecule has 1 aliphatic rings. The number of nitrogens with one attached hydrogen (secondary N) is 1. The summed E-state index contributed by atoms with van der Waals surface area (Å²) in [5, 5.41) is 12.4. The first kappa shape index (κ1) is 16.9. The zero-order chi connectivity index (χ0) is 17.1. The lowest BCUT2D eigenvalue weighted by atomic mass is 9.85. The van der Waals surface area contributed by atoms with Crippen LogP contribution in [0.3, 0.4) is 0 Å². The summed E-state index contributed by atoms with van der Waals surface area (Å²) < 4.78 is 6.92. The maximum absolute atomic E-state index is 11.7. The number of hydrogen-bond acceptors (Lipinski definition) is 5. The minimum Gasteiger partial charge on any atom is -0.469 e. The summed E-state index contributed by atoms with van der Waals surface area (Å²) in [5.74, 6) is 1.34. The molecule has 1 atom stereocenters. The van der Waals surface area contributed by atoms with E-state index in [2.05, 4.69) is 33.8 Å². The normalized spacial score (nSPS) is 22.7. The molecule has 0 saturated heterocycles. The van der Waals surface area contributed by atoms with Crippen molar-refractivity contribution in [1.82, 2.24) is 19.9 Å². The molecule has 0 radical (unpaired) electrons. The third-order valence-electron chi connectivity index (χ3n) is 4.96. The van der Waals surface area contributed by atoms with Gasteiger partial charge in [-0.3, -0.25) is 9.20 Å². The number of rotatable bonds is 5. The van der Waals surface area contributed by atoms with E-state index in [-0.39, 0.29) is 17.9 Å². The van der Waals surface area contributed by atoms with Crippen molar-refractivity contribution in [3.8, 4) is 0 Å². The van der Waals surface area contributed by atoms with Crippen LogP contribution in [-0.2, 0) is 9.53 Å². The Balaban J connectivity index is 1.71. The molecule has 0 bridgehead atoms. The zero-order valence-electron chi connectivity index (χ0n) is 14.6. The Morgan fingerprint density at radius 2 is 2.00 bits per heavy atom. The van der Waals surface area contributed by atoms with Crippen molar-refractivity contribution < 1.29 is 9.53 Å². The molecule has 6 nitrogen and oxygen atoms in total. The number of hydrogen-bond donors (Lipinski definition) is 1. The molecule has 3 rings (SSSR count). The van der Waals surface area contributed by atoms with E-state index in [0.29, 0.717) is 12.0 Å². The Hall–Kier alpha value is -1.95. The molecule has 24 heavy (non-hydrogen) atoms. The van der Waals surface area contributed by atoms with E-state index in [1.807, 2.05) is 24.4 Å². The van der Waals surface area contributed by atoms with Crippen molar-refractivity contribution in [2.75, 3.05) is 7.11 Å². The van der Waals surface area contributed by atoms with Gasteiger partial charge in [-0.2, -0.15) is 0 Å². The SMILES string of the molecule is COC(=O)C1CCC(NC(c2nnc3ccccn23)C(C)C)CC1. The average molecular weight is 330 g/mol. The van der Waals surface area contributed by atoms with E-state index in [1.165, 1.54) is 7.11 Å². The van der Waals surface area contributed by atoms with Crippen molar-refractivity contribution in [3.05, 3.63) is 30.2 Å². The number of esters is 1. The van der Waals surface area contributed by atoms with Crippen molar-refractivity contribution >= 4 is 11.6 Å². The average Bonchev–Trinajstić information content (AvgIpc) is 3.03. The quantitative estimate of drug-likeness (QED) is 0.854. The Morgan fingerprint density at radius 1 is 1.25 bits per heavy atom. The highest BCUT2D eigenvalue weighted by molar-refractivity contribution is 5.72. The minimum atomic E-state index is -0.0719. The molecule has 1 fully saturated rings. The molecule has 1 aliphatic carbocycles. The summed E-state index contributed by atoms with van der Waals surface area (Å²) in [6.45, 7) is 4.39. The fourth-order valence-electron chi connectivity index (χ4n) is 3.55. The monoisotopic (exact) mass is 330 g/mol. The van der Waals surface area contributed by atoms with Crippen molar-refractivity contribution in [2.24, 2.45) is 11.8 Å². The van der Waals surface area contributed by atoms with Crippen molar-refractivity contribution in [1.29, 1.82) is 0 Å². The third-order valence-corrected chi connectivity index (χ3v) is 4.96. The topological polar surface area (TPSA) is 68.5 Å². The lowest BCUT2D eigenvalue weighted by molar-refractivity contribution is -0.146. The van der Waals surface area contributed by atoms with Gasteiger partial charge in [0.05, 0.1) is 19.1 Å². The Labute approximate surface area is 142 Å². The molecular formula is C18H26N4O2. The van der Waals surface area contributed by atoms with Gasteiger partial charge in [0.2, 0.25) is 0 Å². The van der Waals surface area contributed by atoms with Crippen LogP contribution in [0.4, 0.5) is 0 Å². The number of pyridine rings is 1. The molecular weight excluding hydrogens is 304 g/mol. The molecule has 2 heterocycles. The van der Waals surface area contributed by atoms with Gasteiger partial charge < -0.3 is 10.1 Å². The van der Waals surface area contributed by atoms with Crippen LogP contribution in [0.2, 0.25) is 0 Å². The van der Waals surface area contributed by atoms with E-state index >= 15 is 0 Å². The minimum absolute atomic E-state index is 0.0551. The fourth-order valence-corrected chi connectivity index (χ4v) is 3.55. The van der Waals surface area contributed by atoms with Crippen LogP contribution in [0.15, 0.2) is 24.4 Å². The van der Waals surface area contributed by atoms with Crippen LogP contribution < -0.4 is 5.32 Å². The number of ether oxygens (including phenoxy) is 1. The largest absolute Gasteiger partial charge is 0.469 e. The van der Waals surface area contributed by atoms with Gasteiger partial charge in [-0.1, -0.05) is 19.9 Å². The van der Waals surface area contributed by atoms with Gasteiger partial charge in [0.1, 0.15) is 0 Å². The number of carbonyl (C=O) groups excluding carboxylic acids is 1. The van der Waals surface area contributed by atoms with Crippen LogP contribution in [0.25, 0.3) is 5.65 Å². The first-order valence-electron chi connectivity index (χ1n) is 8.73. The third kappa shape index (κ3) is 3.43. The predicted molar refractivity (Wildman–Crippen MR) is 91.5 cm³/mol. The lowest BCUT2D eigenvalue weighted by Gasteiger charge is -2.32. The summed E-state index contributed by atoms with van der Waals surface area (Å²) in [4.78, 5) is 11.7.